The van der Waals surface area contributed by atoms with Gasteiger partial charge in [-0.3, -0.25) is 10.1 Å². The van der Waals surface area contributed by atoms with E-state index in [0.717, 1.165) is 31.0 Å². The average molecular weight is 256 g/mol. The Hall–Kier alpha value is -0.260. The summed E-state index contributed by atoms with van der Waals surface area (Å²) in [6, 6.07) is 0.387. The first-order chi connectivity index (χ1) is 8.36. The van der Waals surface area contributed by atoms with Gasteiger partial charge in [-0.05, 0) is 12.8 Å². The summed E-state index contributed by atoms with van der Waals surface area (Å²) in [4.78, 5) is 14.5. The van der Waals surface area contributed by atoms with E-state index in [-0.39, 0.29) is 6.04 Å². The number of hydrogen-bond acceptors (Lipinski definition) is 4. The van der Waals surface area contributed by atoms with Crippen LogP contribution in [-0.4, -0.2) is 53.8 Å². The monoisotopic (exact) mass is 256 g/mol. The van der Waals surface area contributed by atoms with Crippen molar-refractivity contribution < 1.29 is 9.53 Å². The van der Waals surface area contributed by atoms with Crippen LogP contribution in [0.2, 0.25) is 0 Å². The highest BCUT2D eigenvalue weighted by Gasteiger charge is 2.39. The van der Waals surface area contributed by atoms with Crippen LogP contribution < -0.4 is 5.32 Å². The van der Waals surface area contributed by atoms with Gasteiger partial charge in [0, 0.05) is 18.2 Å². The van der Waals surface area contributed by atoms with Gasteiger partial charge in [-0.1, -0.05) is 12.8 Å². The van der Waals surface area contributed by atoms with Gasteiger partial charge in [0.2, 0.25) is 5.91 Å². The number of nitrogens with one attached hydrogen (secondary N) is 1. The SMILES string of the molecule is O=C(C1CSCN1)N1CCOC2CCCCC21. The van der Waals surface area contributed by atoms with E-state index < -0.39 is 0 Å². The largest absolute Gasteiger partial charge is 0.374 e. The maximum absolute atomic E-state index is 12.4. The molecule has 3 atom stereocenters. The molecule has 2 aliphatic heterocycles. The zero-order valence-electron chi connectivity index (χ0n) is 10.1. The minimum atomic E-state index is 0.0423. The van der Waals surface area contributed by atoms with Crippen LogP contribution in [0, 0.1) is 0 Å². The molecule has 1 saturated carbocycles. The number of nitrogens with zero attached hydrogens (tertiary/aromatic N) is 1. The van der Waals surface area contributed by atoms with Crippen LogP contribution in [0.3, 0.4) is 0 Å². The molecule has 2 heterocycles. The smallest absolute Gasteiger partial charge is 0.241 e. The van der Waals surface area contributed by atoms with Gasteiger partial charge in [0.25, 0.3) is 0 Å². The summed E-state index contributed by atoms with van der Waals surface area (Å²) in [5.74, 6) is 2.14. The lowest BCUT2D eigenvalue weighted by Crippen LogP contribution is -2.58. The maximum Gasteiger partial charge on any atom is 0.241 e. The van der Waals surface area contributed by atoms with E-state index in [9.17, 15) is 4.79 Å². The van der Waals surface area contributed by atoms with Crippen LogP contribution in [0.1, 0.15) is 25.7 Å². The van der Waals surface area contributed by atoms with Crippen molar-refractivity contribution in [2.75, 3.05) is 24.8 Å². The summed E-state index contributed by atoms with van der Waals surface area (Å²) < 4.78 is 5.81. The minimum Gasteiger partial charge on any atom is -0.374 e. The summed E-state index contributed by atoms with van der Waals surface area (Å²) in [5, 5.41) is 3.28. The van der Waals surface area contributed by atoms with Gasteiger partial charge in [0.1, 0.15) is 0 Å². The molecule has 0 aromatic heterocycles. The third kappa shape index (κ3) is 2.33. The summed E-state index contributed by atoms with van der Waals surface area (Å²) in [5.41, 5.74) is 0. The molecule has 96 valence electrons. The van der Waals surface area contributed by atoms with Crippen LogP contribution >= 0.6 is 11.8 Å². The molecule has 3 unspecified atom stereocenters. The Kier molecular flexibility index (Phi) is 3.59. The first kappa shape index (κ1) is 11.8. The molecule has 1 amide bonds. The molecule has 3 aliphatic rings. The van der Waals surface area contributed by atoms with E-state index in [1.54, 1.807) is 0 Å². The van der Waals surface area contributed by atoms with Crippen molar-refractivity contribution in [3.05, 3.63) is 0 Å². The van der Waals surface area contributed by atoms with E-state index in [0.29, 0.717) is 24.7 Å². The predicted molar refractivity (Wildman–Crippen MR) is 68.0 cm³/mol. The molecule has 0 bridgehead atoms. The van der Waals surface area contributed by atoms with E-state index in [2.05, 4.69) is 10.2 Å². The lowest BCUT2D eigenvalue weighted by atomic mass is 9.90. The Bertz CT molecular complexity index is 292. The van der Waals surface area contributed by atoms with Gasteiger partial charge in [-0.25, -0.2) is 0 Å². The minimum absolute atomic E-state index is 0.0423. The van der Waals surface area contributed by atoms with Gasteiger partial charge in [-0.2, -0.15) is 0 Å². The molecule has 17 heavy (non-hydrogen) atoms. The topological polar surface area (TPSA) is 41.6 Å². The van der Waals surface area contributed by atoms with Gasteiger partial charge in [-0.15, -0.1) is 11.8 Å². The number of hydrogen-bond donors (Lipinski definition) is 1. The van der Waals surface area contributed by atoms with E-state index >= 15 is 0 Å². The van der Waals surface area contributed by atoms with Crippen molar-refractivity contribution >= 4 is 17.7 Å². The van der Waals surface area contributed by atoms with Crippen molar-refractivity contribution in [2.24, 2.45) is 0 Å². The van der Waals surface area contributed by atoms with Crippen LogP contribution in [-0.2, 0) is 9.53 Å². The normalized spacial score (nSPS) is 37.9. The molecule has 2 saturated heterocycles. The fourth-order valence-corrected chi connectivity index (χ4v) is 4.06. The number of carbonyl (C=O) groups excluding carboxylic acids is 1. The van der Waals surface area contributed by atoms with Crippen LogP contribution in [0.25, 0.3) is 0 Å². The quantitative estimate of drug-likeness (QED) is 0.754. The number of morpholine rings is 1. The molecule has 3 rings (SSSR count). The van der Waals surface area contributed by atoms with Gasteiger partial charge in [0.15, 0.2) is 0 Å². The van der Waals surface area contributed by atoms with Crippen LogP contribution in [0.15, 0.2) is 0 Å². The fourth-order valence-electron chi connectivity index (χ4n) is 3.12. The third-order valence-corrected chi connectivity index (χ3v) is 4.97. The Morgan fingerprint density at radius 2 is 2.24 bits per heavy atom. The molecule has 4 nitrogen and oxygen atoms in total. The van der Waals surface area contributed by atoms with Gasteiger partial charge < -0.3 is 9.64 Å². The van der Waals surface area contributed by atoms with E-state index in [1.807, 2.05) is 11.8 Å². The Morgan fingerprint density at radius 1 is 1.35 bits per heavy atom. The molecule has 5 heteroatoms. The molecular formula is C12H20N2O2S. The van der Waals surface area contributed by atoms with Crippen LogP contribution in [0.5, 0.6) is 0 Å². The molecule has 1 aliphatic carbocycles. The molecule has 0 aromatic carbocycles. The van der Waals surface area contributed by atoms with Crippen molar-refractivity contribution in [3.63, 3.8) is 0 Å². The number of carbonyl (C=O) groups is 1. The third-order valence-electron chi connectivity index (χ3n) is 4.03. The molecule has 1 N–H and O–H groups in total. The first-order valence-corrected chi connectivity index (χ1v) is 7.75. The number of ether oxygens (including phenoxy) is 1. The Labute approximate surface area is 106 Å². The second-order valence-electron chi connectivity index (χ2n) is 5.06. The molecule has 0 aromatic rings. The lowest BCUT2D eigenvalue weighted by Gasteiger charge is -2.44. The second-order valence-corrected chi connectivity index (χ2v) is 6.09. The lowest BCUT2D eigenvalue weighted by molar-refractivity contribution is -0.150. The van der Waals surface area contributed by atoms with Crippen molar-refractivity contribution in [1.82, 2.24) is 10.2 Å². The average Bonchev–Trinajstić information content (AvgIpc) is 2.91. The van der Waals surface area contributed by atoms with E-state index in [4.69, 9.17) is 4.74 Å². The predicted octanol–water partition coefficient (Wildman–Crippen LogP) is 0.819. The van der Waals surface area contributed by atoms with Crippen molar-refractivity contribution in [3.8, 4) is 0 Å². The molecule has 3 fully saturated rings. The highest BCUT2D eigenvalue weighted by atomic mass is 32.2. The summed E-state index contributed by atoms with van der Waals surface area (Å²) in [6.07, 6.45) is 5.04. The summed E-state index contributed by atoms with van der Waals surface area (Å²) in [7, 11) is 0. The highest BCUT2D eigenvalue weighted by Crippen LogP contribution is 2.29. The molecular weight excluding hydrogens is 236 g/mol. The maximum atomic E-state index is 12.4. The molecule has 0 radical (unpaired) electrons. The Balaban J connectivity index is 1.69. The van der Waals surface area contributed by atoms with Crippen molar-refractivity contribution in [2.45, 2.75) is 43.9 Å². The standard InChI is InChI=1S/C12H20N2O2S/c15-12(9-7-17-8-13-9)14-5-6-16-11-4-2-1-3-10(11)14/h9-11,13H,1-8H2. The number of fused-ring (bicyclic) bond motifs is 1. The van der Waals surface area contributed by atoms with Crippen molar-refractivity contribution in [1.29, 1.82) is 0 Å². The zero-order valence-corrected chi connectivity index (χ0v) is 10.9. The van der Waals surface area contributed by atoms with Gasteiger partial charge >= 0.3 is 0 Å². The highest BCUT2D eigenvalue weighted by molar-refractivity contribution is 7.99. The fraction of sp³-hybridized carbons (Fsp3) is 0.917. The van der Waals surface area contributed by atoms with Gasteiger partial charge in [0.05, 0.1) is 24.8 Å². The second kappa shape index (κ2) is 5.16. The van der Waals surface area contributed by atoms with Crippen LogP contribution in [0.4, 0.5) is 0 Å². The number of rotatable bonds is 1. The Morgan fingerprint density at radius 3 is 3.06 bits per heavy atom. The van der Waals surface area contributed by atoms with E-state index in [1.165, 1.54) is 12.8 Å². The first-order valence-electron chi connectivity index (χ1n) is 6.59. The number of amides is 1. The number of thioether (sulfide) groups is 1. The zero-order chi connectivity index (χ0) is 11.7. The summed E-state index contributed by atoms with van der Waals surface area (Å²) >= 11 is 1.81. The molecule has 0 spiro atoms. The summed E-state index contributed by atoms with van der Waals surface area (Å²) in [6.45, 7) is 1.50.